The molecule has 5 heteroatoms. The quantitative estimate of drug-likeness (QED) is 0.927. The van der Waals surface area contributed by atoms with Crippen molar-refractivity contribution in [3.63, 3.8) is 0 Å². The number of nitrogens with zero attached hydrogens (tertiary/aromatic N) is 1. The van der Waals surface area contributed by atoms with Crippen molar-refractivity contribution in [2.24, 2.45) is 11.8 Å². The van der Waals surface area contributed by atoms with Crippen molar-refractivity contribution in [1.29, 1.82) is 0 Å². The summed E-state index contributed by atoms with van der Waals surface area (Å²) in [6.45, 7) is 4.71. The molecule has 1 saturated heterocycles. The van der Waals surface area contributed by atoms with Crippen molar-refractivity contribution in [2.45, 2.75) is 32.6 Å². The largest absolute Gasteiger partial charge is 0.378 e. The van der Waals surface area contributed by atoms with Gasteiger partial charge in [-0.3, -0.25) is 9.59 Å². The average molecular weight is 330 g/mol. The first-order chi connectivity index (χ1) is 11.6. The van der Waals surface area contributed by atoms with Crippen LogP contribution < -0.4 is 5.32 Å². The van der Waals surface area contributed by atoms with Crippen LogP contribution in [0.4, 0.5) is 5.69 Å². The molecule has 130 valence electrons. The van der Waals surface area contributed by atoms with E-state index in [9.17, 15) is 9.59 Å². The Hall–Kier alpha value is -1.88. The number of carbonyl (C=O) groups excluding carboxylic acids is 2. The smallest absolute Gasteiger partial charge is 0.227 e. The maximum absolute atomic E-state index is 12.5. The van der Waals surface area contributed by atoms with E-state index in [-0.39, 0.29) is 23.7 Å². The molecule has 0 unspecified atom stereocenters. The fourth-order valence-electron chi connectivity index (χ4n) is 3.53. The molecule has 1 saturated carbocycles. The summed E-state index contributed by atoms with van der Waals surface area (Å²) in [5.74, 6) is 0.415. The van der Waals surface area contributed by atoms with Crippen LogP contribution in [-0.4, -0.2) is 43.0 Å². The van der Waals surface area contributed by atoms with Gasteiger partial charge in [0.05, 0.1) is 13.2 Å². The van der Waals surface area contributed by atoms with Crippen molar-refractivity contribution in [2.75, 3.05) is 31.6 Å². The molecule has 1 heterocycles. The van der Waals surface area contributed by atoms with E-state index in [4.69, 9.17) is 4.74 Å². The van der Waals surface area contributed by atoms with Crippen molar-refractivity contribution >= 4 is 17.5 Å². The van der Waals surface area contributed by atoms with Crippen LogP contribution in [-0.2, 0) is 14.3 Å². The van der Waals surface area contributed by atoms with Crippen LogP contribution in [0.15, 0.2) is 24.3 Å². The molecule has 1 aliphatic heterocycles. The normalized spacial score (nSPS) is 24.5. The van der Waals surface area contributed by atoms with E-state index in [1.807, 2.05) is 36.1 Å². The van der Waals surface area contributed by atoms with Gasteiger partial charge in [-0.1, -0.05) is 17.7 Å². The summed E-state index contributed by atoms with van der Waals surface area (Å²) in [7, 11) is 0. The zero-order valence-electron chi connectivity index (χ0n) is 14.3. The van der Waals surface area contributed by atoms with Gasteiger partial charge in [-0.2, -0.15) is 0 Å². The van der Waals surface area contributed by atoms with Gasteiger partial charge in [-0.05, 0) is 44.7 Å². The number of amides is 2. The number of nitrogens with one attached hydrogen (secondary N) is 1. The van der Waals surface area contributed by atoms with E-state index in [1.165, 1.54) is 5.56 Å². The Labute approximate surface area is 143 Å². The minimum atomic E-state index is 0.0139. The molecule has 1 aromatic rings. The number of benzene rings is 1. The van der Waals surface area contributed by atoms with Gasteiger partial charge in [0.1, 0.15) is 0 Å². The molecular weight excluding hydrogens is 304 g/mol. The molecule has 0 radical (unpaired) electrons. The van der Waals surface area contributed by atoms with Gasteiger partial charge in [0.15, 0.2) is 0 Å². The van der Waals surface area contributed by atoms with Crippen molar-refractivity contribution in [3.05, 3.63) is 29.8 Å². The van der Waals surface area contributed by atoms with Crippen LogP contribution in [0.3, 0.4) is 0 Å². The van der Waals surface area contributed by atoms with Gasteiger partial charge in [0.2, 0.25) is 11.8 Å². The molecule has 2 aliphatic rings. The highest BCUT2D eigenvalue weighted by Gasteiger charge is 2.32. The van der Waals surface area contributed by atoms with Gasteiger partial charge in [0.25, 0.3) is 0 Å². The number of anilines is 1. The zero-order valence-corrected chi connectivity index (χ0v) is 14.3. The first-order valence-corrected chi connectivity index (χ1v) is 8.87. The van der Waals surface area contributed by atoms with Crippen molar-refractivity contribution < 1.29 is 14.3 Å². The van der Waals surface area contributed by atoms with Crippen molar-refractivity contribution in [3.8, 4) is 0 Å². The lowest BCUT2D eigenvalue weighted by molar-refractivity contribution is -0.141. The van der Waals surface area contributed by atoms with E-state index in [0.717, 1.165) is 31.4 Å². The fourth-order valence-corrected chi connectivity index (χ4v) is 3.53. The second-order valence-corrected chi connectivity index (χ2v) is 6.84. The molecule has 1 N–H and O–H groups in total. The van der Waals surface area contributed by atoms with E-state index < -0.39 is 0 Å². The minimum absolute atomic E-state index is 0.0139. The Morgan fingerprint density at radius 1 is 1.00 bits per heavy atom. The number of rotatable bonds is 3. The highest BCUT2D eigenvalue weighted by Crippen LogP contribution is 2.31. The third-order valence-electron chi connectivity index (χ3n) is 5.09. The monoisotopic (exact) mass is 330 g/mol. The second-order valence-electron chi connectivity index (χ2n) is 6.84. The molecule has 0 bridgehead atoms. The van der Waals surface area contributed by atoms with Gasteiger partial charge < -0.3 is 15.0 Å². The lowest BCUT2D eigenvalue weighted by atomic mass is 9.81. The molecular formula is C19H26N2O3. The number of morpholine rings is 1. The molecule has 1 aliphatic carbocycles. The van der Waals surface area contributed by atoms with Crippen LogP contribution in [0.2, 0.25) is 0 Å². The summed E-state index contributed by atoms with van der Waals surface area (Å²) in [4.78, 5) is 26.8. The van der Waals surface area contributed by atoms with Crippen molar-refractivity contribution in [1.82, 2.24) is 4.90 Å². The standard InChI is InChI=1S/C19H26N2O3/c1-14-2-8-17(9-3-14)20-18(22)15-4-6-16(7-5-15)19(23)21-10-12-24-13-11-21/h2-3,8-9,15-16H,4-7,10-13H2,1H3,(H,20,22). The van der Waals surface area contributed by atoms with E-state index in [1.54, 1.807) is 0 Å². The number of hydrogen-bond donors (Lipinski definition) is 1. The number of ether oxygens (including phenoxy) is 1. The van der Waals surface area contributed by atoms with E-state index in [2.05, 4.69) is 5.32 Å². The number of hydrogen-bond acceptors (Lipinski definition) is 3. The van der Waals surface area contributed by atoms with Gasteiger partial charge >= 0.3 is 0 Å². The third-order valence-corrected chi connectivity index (χ3v) is 5.09. The fraction of sp³-hybridized carbons (Fsp3) is 0.579. The predicted molar refractivity (Wildman–Crippen MR) is 92.7 cm³/mol. The number of carbonyl (C=O) groups is 2. The SMILES string of the molecule is Cc1ccc(NC(=O)C2CCC(C(=O)N3CCOCC3)CC2)cc1. The lowest BCUT2D eigenvalue weighted by Crippen LogP contribution is -2.44. The maximum atomic E-state index is 12.5. The Kier molecular flexibility index (Phi) is 5.51. The Bertz CT molecular complexity index is 571. The molecule has 2 amide bonds. The highest BCUT2D eigenvalue weighted by molar-refractivity contribution is 5.92. The molecule has 3 rings (SSSR count). The van der Waals surface area contributed by atoms with Crippen LogP contribution in [0.5, 0.6) is 0 Å². The summed E-state index contributed by atoms with van der Waals surface area (Å²) in [6, 6.07) is 7.85. The van der Waals surface area contributed by atoms with Crippen LogP contribution >= 0.6 is 0 Å². The zero-order chi connectivity index (χ0) is 16.9. The summed E-state index contributed by atoms with van der Waals surface area (Å²) in [6.07, 6.45) is 3.20. The Morgan fingerprint density at radius 2 is 1.58 bits per heavy atom. The first kappa shape index (κ1) is 17.0. The summed E-state index contributed by atoms with van der Waals surface area (Å²) in [5.41, 5.74) is 2.02. The Balaban J connectivity index is 1.48. The summed E-state index contributed by atoms with van der Waals surface area (Å²) in [5, 5.41) is 3.00. The maximum Gasteiger partial charge on any atom is 0.227 e. The van der Waals surface area contributed by atoms with E-state index in [0.29, 0.717) is 26.3 Å². The lowest BCUT2D eigenvalue weighted by Gasteiger charge is -2.33. The van der Waals surface area contributed by atoms with E-state index >= 15 is 0 Å². The molecule has 0 aromatic heterocycles. The van der Waals surface area contributed by atoms with Gasteiger partial charge in [-0.25, -0.2) is 0 Å². The number of aryl methyl sites for hydroxylation is 1. The second kappa shape index (κ2) is 7.79. The predicted octanol–water partition coefficient (Wildman–Crippen LogP) is 2.60. The summed E-state index contributed by atoms with van der Waals surface area (Å²) < 4.78 is 5.30. The molecule has 24 heavy (non-hydrogen) atoms. The van der Waals surface area contributed by atoms with Crippen LogP contribution in [0, 0.1) is 18.8 Å². The van der Waals surface area contributed by atoms with Crippen LogP contribution in [0.1, 0.15) is 31.2 Å². The molecule has 0 atom stereocenters. The molecule has 1 aromatic carbocycles. The first-order valence-electron chi connectivity index (χ1n) is 8.87. The van der Waals surface area contributed by atoms with Gasteiger partial charge in [0, 0.05) is 30.6 Å². The van der Waals surface area contributed by atoms with Crippen LogP contribution in [0.25, 0.3) is 0 Å². The Morgan fingerprint density at radius 3 is 2.21 bits per heavy atom. The summed E-state index contributed by atoms with van der Waals surface area (Å²) >= 11 is 0. The third kappa shape index (κ3) is 4.15. The topological polar surface area (TPSA) is 58.6 Å². The average Bonchev–Trinajstić information content (AvgIpc) is 2.64. The molecule has 0 spiro atoms. The molecule has 5 nitrogen and oxygen atoms in total. The van der Waals surface area contributed by atoms with Gasteiger partial charge in [-0.15, -0.1) is 0 Å². The molecule has 2 fully saturated rings. The highest BCUT2D eigenvalue weighted by atomic mass is 16.5. The minimum Gasteiger partial charge on any atom is -0.378 e.